The van der Waals surface area contributed by atoms with Gasteiger partial charge < -0.3 is 43.9 Å². The first-order valence-electron chi connectivity index (χ1n) is 20.9. The minimum Gasteiger partial charge on any atom is -0.456 e. The van der Waals surface area contributed by atoms with Gasteiger partial charge in [-0.05, 0) is 95.5 Å². The summed E-state index contributed by atoms with van der Waals surface area (Å²) in [6.45, 7) is 13.1. The van der Waals surface area contributed by atoms with Crippen LogP contribution >= 0.6 is 0 Å². The van der Waals surface area contributed by atoms with E-state index in [0.29, 0.717) is 56.9 Å². The molecular weight excluding hydrogens is 746 g/mol. The molecule has 58 heavy (non-hydrogen) atoms. The number of ketones is 2. The molecule has 0 aromatic heterocycles. The third-order valence-corrected chi connectivity index (χ3v) is 12.9. The molecule has 1 aliphatic carbocycles. The Hall–Kier alpha value is -2.78. The van der Waals surface area contributed by atoms with Gasteiger partial charge in [0.2, 0.25) is 5.79 Å². The molecule has 0 spiro atoms. The van der Waals surface area contributed by atoms with E-state index in [4.69, 9.17) is 23.7 Å². The average Bonchev–Trinajstić information content (AvgIpc) is 3.18. The van der Waals surface area contributed by atoms with Crippen molar-refractivity contribution >= 4 is 23.4 Å². The number of allylic oxidation sites excluding steroid dienone is 4. The van der Waals surface area contributed by atoms with Crippen LogP contribution in [0.15, 0.2) is 36.0 Å². The number of hydrogen-bond acceptors (Lipinski definition) is 12. The summed E-state index contributed by atoms with van der Waals surface area (Å²) in [6, 6.07) is -1.14. The molecule has 4 aliphatic rings. The van der Waals surface area contributed by atoms with Crippen molar-refractivity contribution in [2.75, 3.05) is 27.9 Å². The van der Waals surface area contributed by atoms with Crippen LogP contribution in [0.5, 0.6) is 0 Å². The summed E-state index contributed by atoms with van der Waals surface area (Å²) in [7, 11) is 4.61. The van der Waals surface area contributed by atoms with Gasteiger partial charge in [-0.15, -0.1) is 6.58 Å². The summed E-state index contributed by atoms with van der Waals surface area (Å²) in [5, 5.41) is 34.1. The zero-order valence-electron chi connectivity index (χ0n) is 35.4. The van der Waals surface area contributed by atoms with E-state index >= 15 is 0 Å². The van der Waals surface area contributed by atoms with Gasteiger partial charge in [0.15, 0.2) is 0 Å². The van der Waals surface area contributed by atoms with E-state index in [1.54, 1.807) is 27.0 Å². The molecule has 3 fully saturated rings. The lowest BCUT2D eigenvalue weighted by atomic mass is 9.81. The lowest BCUT2D eigenvalue weighted by Crippen LogP contribution is -2.64. The number of hydrogen-bond donors (Lipinski definition) is 3. The first-order valence-corrected chi connectivity index (χ1v) is 20.9. The second kappa shape index (κ2) is 22.2. The minimum atomic E-state index is -2.51. The second-order valence-electron chi connectivity index (χ2n) is 17.3. The summed E-state index contributed by atoms with van der Waals surface area (Å²) in [5.74, 6) is -7.76. The first kappa shape index (κ1) is 49.6. The minimum absolute atomic E-state index is 0. The molecule has 3 N–H and O–H groups in total. The van der Waals surface area contributed by atoms with Gasteiger partial charge in [0.1, 0.15) is 24.0 Å². The Morgan fingerprint density at radius 2 is 1.59 bits per heavy atom. The van der Waals surface area contributed by atoms with Crippen LogP contribution < -0.4 is 0 Å². The fourth-order valence-electron chi connectivity index (χ4n) is 9.42. The maximum absolute atomic E-state index is 14.3. The van der Waals surface area contributed by atoms with Crippen LogP contribution in [0.1, 0.15) is 113 Å². The van der Waals surface area contributed by atoms with E-state index in [1.165, 1.54) is 19.1 Å². The molecule has 0 radical (unpaired) electrons. The van der Waals surface area contributed by atoms with Gasteiger partial charge in [0.25, 0.3) is 11.7 Å². The molecule has 1 saturated carbocycles. The van der Waals surface area contributed by atoms with E-state index in [-0.39, 0.29) is 57.0 Å². The number of ether oxygens (including phenoxy) is 5. The lowest BCUT2D eigenvalue weighted by molar-refractivity contribution is -0.302. The molecule has 330 valence electrons. The van der Waals surface area contributed by atoms with Crippen molar-refractivity contribution < 1.29 is 58.2 Å². The Labute approximate surface area is 346 Å². The van der Waals surface area contributed by atoms with Crippen LogP contribution in [0.2, 0.25) is 0 Å². The summed E-state index contributed by atoms with van der Waals surface area (Å²) in [4.78, 5) is 57.8. The maximum Gasteiger partial charge on any atom is 0.329 e. The smallest absolute Gasteiger partial charge is 0.329 e. The molecule has 3 aliphatic heterocycles. The fraction of sp³-hybridized carbons (Fsp3) is 0.778. The van der Waals surface area contributed by atoms with Crippen molar-refractivity contribution in [1.29, 1.82) is 0 Å². The zero-order valence-corrected chi connectivity index (χ0v) is 35.4. The molecule has 2 saturated heterocycles. The van der Waals surface area contributed by atoms with Crippen molar-refractivity contribution in [2.24, 2.45) is 29.6 Å². The molecular formula is C45H73NO12. The summed E-state index contributed by atoms with van der Waals surface area (Å²) in [5.41, 5.74) is 1.61. The number of amides is 1. The quantitative estimate of drug-likeness (QED) is 0.172. The molecule has 3 heterocycles. The number of piperidine rings is 1. The third kappa shape index (κ3) is 11.7. The molecule has 4 rings (SSSR count). The Morgan fingerprint density at radius 1 is 0.931 bits per heavy atom. The van der Waals surface area contributed by atoms with E-state index < -0.39 is 83.9 Å². The number of rotatable bonds is 7. The molecule has 0 aromatic rings. The Balaban J connectivity index is 0.00000900. The van der Waals surface area contributed by atoms with Crippen LogP contribution in [0.3, 0.4) is 0 Å². The number of carbonyl (C=O) groups is 4. The van der Waals surface area contributed by atoms with Crippen molar-refractivity contribution in [3.05, 3.63) is 36.0 Å². The zero-order chi connectivity index (χ0) is 42.2. The van der Waals surface area contributed by atoms with Gasteiger partial charge in [-0.3, -0.25) is 14.4 Å². The number of esters is 1. The lowest BCUT2D eigenvalue weighted by Gasteiger charge is -2.47. The molecule has 1 amide bonds. The number of fused-ring (bicyclic) bond motifs is 3. The predicted octanol–water partition coefficient (Wildman–Crippen LogP) is 5.28. The molecule has 13 heteroatoms. The van der Waals surface area contributed by atoms with Crippen LogP contribution in [-0.4, -0.2) is 126 Å². The number of methoxy groups -OCH3 is 3. The second-order valence-corrected chi connectivity index (χ2v) is 17.3. The van der Waals surface area contributed by atoms with Gasteiger partial charge in [-0.2, -0.15) is 0 Å². The Bertz CT molecular complexity index is 1480. The maximum atomic E-state index is 14.3. The van der Waals surface area contributed by atoms with E-state index in [1.807, 2.05) is 32.9 Å². The van der Waals surface area contributed by atoms with Gasteiger partial charge in [0.05, 0.1) is 30.5 Å². The van der Waals surface area contributed by atoms with Gasteiger partial charge >= 0.3 is 5.97 Å². The highest BCUT2D eigenvalue weighted by molar-refractivity contribution is 6.39. The first-order chi connectivity index (χ1) is 27.0. The Kier molecular flexibility index (Phi) is 19.0. The van der Waals surface area contributed by atoms with Crippen molar-refractivity contribution in [3.63, 3.8) is 0 Å². The largest absolute Gasteiger partial charge is 0.456 e. The highest BCUT2D eigenvalue weighted by Crippen LogP contribution is 2.39. The number of aliphatic hydroxyl groups excluding tert-OH is 2. The molecule has 2 bridgehead atoms. The van der Waals surface area contributed by atoms with Gasteiger partial charge in [-0.25, -0.2) is 4.79 Å². The highest BCUT2D eigenvalue weighted by atomic mass is 16.7. The van der Waals surface area contributed by atoms with E-state index in [9.17, 15) is 34.5 Å². The fourth-order valence-corrected chi connectivity index (χ4v) is 9.42. The molecule has 14 atom stereocenters. The molecule has 2 unspecified atom stereocenters. The third-order valence-electron chi connectivity index (χ3n) is 12.9. The number of nitrogens with zero attached hydrogens (tertiary/aromatic N) is 1. The summed E-state index contributed by atoms with van der Waals surface area (Å²) >= 11 is 0. The van der Waals surface area contributed by atoms with Gasteiger partial charge in [-0.1, -0.05) is 52.0 Å². The standard InChI is InChI=1S/C44H69NO12.CH4/c1-10-13-31-19-25(2)18-26(3)20-37(54-8)40-38(55-9)22-28(5)44(52,57-40)41(49)42(50)45-17-12-11-14-32(45)43(51)56-39(29(6)34(47)24-35(31)48)27(4)21-30-15-16-33(46)36(23-30)53-7;/h10,19,21,26,28-34,36-40,46-47,52H,1,11-18,20,22-24H2,2-9H3;1H4/b25-19+,27-21+;/t26-,28+,29+,30-,31?,32?,33+,34-,36+,37-,38-,39+,40+,44+;/m0./s1. The summed E-state index contributed by atoms with van der Waals surface area (Å²) in [6.07, 6.45) is 4.93. The van der Waals surface area contributed by atoms with E-state index in [2.05, 4.69) is 6.58 Å². The number of carbonyl (C=O) groups excluding carboxylic acids is 4. The number of cyclic esters (lactones) is 1. The van der Waals surface area contributed by atoms with Gasteiger partial charge in [0, 0.05) is 52.0 Å². The van der Waals surface area contributed by atoms with Crippen LogP contribution in [0, 0.1) is 29.6 Å². The topological polar surface area (TPSA) is 178 Å². The predicted molar refractivity (Wildman–Crippen MR) is 219 cm³/mol. The highest BCUT2D eigenvalue weighted by Gasteiger charge is 2.56. The van der Waals surface area contributed by atoms with Crippen molar-refractivity contribution in [1.82, 2.24) is 4.90 Å². The van der Waals surface area contributed by atoms with Crippen molar-refractivity contribution in [2.45, 2.75) is 167 Å². The molecule has 0 aromatic carbocycles. The average molecular weight is 820 g/mol. The summed E-state index contributed by atoms with van der Waals surface area (Å²) < 4.78 is 29.7. The SMILES string of the molecule is C.C=CCC1/C=C(\C)C[C@H](C)C[C@H](OC)[C@H]2O[C@@](O)(C(=O)C(=O)N3CCCCC3C(=O)O[C@H](/C(C)=C/[C@@H]3CC[C@@H](O)[C@H](OC)C3)[C@H](C)[C@@H](O)CC1=O)[C@H](C)C[C@@H]2OC. The number of aliphatic hydroxyl groups is 3. The number of Topliss-reactive ketones (excluding diaryl/α,β-unsaturated/α-hetero) is 2. The van der Waals surface area contributed by atoms with Crippen LogP contribution in [0.25, 0.3) is 0 Å². The Morgan fingerprint density at radius 3 is 2.22 bits per heavy atom. The van der Waals surface area contributed by atoms with Crippen molar-refractivity contribution in [3.8, 4) is 0 Å². The normalized spacial score (nSPS) is 40.3. The van der Waals surface area contributed by atoms with Crippen LogP contribution in [0.4, 0.5) is 0 Å². The van der Waals surface area contributed by atoms with Crippen LogP contribution in [-0.2, 0) is 42.9 Å². The monoisotopic (exact) mass is 820 g/mol. The van der Waals surface area contributed by atoms with E-state index in [0.717, 1.165) is 5.57 Å². The molecule has 13 nitrogen and oxygen atoms in total.